The largest absolute Gasteiger partial charge is 0.329 e. The normalized spacial score (nSPS) is 13.7. The average molecular weight is 385 g/mol. The molecule has 0 bridgehead atoms. The maximum Gasteiger partial charge on any atom is 0.0214 e. The summed E-state index contributed by atoms with van der Waals surface area (Å²) in [5, 5.41) is 13.4. The van der Waals surface area contributed by atoms with Gasteiger partial charge in [0.2, 0.25) is 0 Å². The zero-order valence-corrected chi connectivity index (χ0v) is 17.8. The topological polar surface area (TPSA) is 62.1 Å². The molecule has 0 heterocycles. The van der Waals surface area contributed by atoms with E-state index < -0.39 is 0 Å². The van der Waals surface area contributed by atoms with Gasteiger partial charge in [-0.3, -0.25) is 0 Å². The fraction of sp³-hybridized carbons (Fsp3) is 0.583. The number of hydrogen-bond donors (Lipinski definition) is 4. The van der Waals surface area contributed by atoms with Crippen LogP contribution in [0, 0.1) is 0 Å². The van der Waals surface area contributed by atoms with E-state index in [2.05, 4.69) is 65.3 Å². The second-order valence-corrected chi connectivity index (χ2v) is 7.80. The molecule has 0 radical (unpaired) electrons. The van der Waals surface area contributed by atoms with Crippen molar-refractivity contribution in [2.45, 2.75) is 64.1 Å². The van der Waals surface area contributed by atoms with Gasteiger partial charge in [-0.1, -0.05) is 68.7 Å². The van der Waals surface area contributed by atoms with E-state index in [1.807, 2.05) is 7.05 Å². The fourth-order valence-corrected chi connectivity index (χ4v) is 3.73. The van der Waals surface area contributed by atoms with Gasteiger partial charge >= 0.3 is 0 Å². The molecular weight excluding hydrogens is 344 g/mol. The molecule has 0 aliphatic rings. The molecule has 4 nitrogen and oxygen atoms in total. The third-order valence-electron chi connectivity index (χ3n) is 5.53. The first-order valence-electron chi connectivity index (χ1n) is 11.1. The number of unbranched alkanes of at least 4 members (excludes halogenated alkanes) is 2. The van der Waals surface area contributed by atoms with Gasteiger partial charge in [-0.15, -0.1) is 0 Å². The molecule has 0 spiro atoms. The SMILES string of the molecule is CCCC[C@@H](CN[C@H](CN)CCCCNC)NCc1cccc2ccccc12. The highest BCUT2D eigenvalue weighted by Crippen LogP contribution is 2.18. The monoisotopic (exact) mass is 384 g/mol. The quantitative estimate of drug-likeness (QED) is 0.353. The Labute approximate surface area is 171 Å². The average Bonchev–Trinajstić information content (AvgIpc) is 2.74. The third-order valence-corrected chi connectivity index (χ3v) is 5.53. The van der Waals surface area contributed by atoms with Crippen molar-refractivity contribution >= 4 is 10.8 Å². The molecular formula is C24H40N4. The summed E-state index contributed by atoms with van der Waals surface area (Å²) >= 11 is 0. The summed E-state index contributed by atoms with van der Waals surface area (Å²) in [6.45, 7) is 5.96. The number of nitrogens with one attached hydrogen (secondary N) is 3. The van der Waals surface area contributed by atoms with Crippen molar-refractivity contribution in [1.29, 1.82) is 0 Å². The molecule has 0 saturated heterocycles. The molecule has 5 N–H and O–H groups in total. The zero-order valence-electron chi connectivity index (χ0n) is 17.8. The van der Waals surface area contributed by atoms with Crippen molar-refractivity contribution in [2.75, 3.05) is 26.7 Å². The summed E-state index contributed by atoms with van der Waals surface area (Å²) in [6, 6.07) is 16.1. The van der Waals surface area contributed by atoms with E-state index >= 15 is 0 Å². The van der Waals surface area contributed by atoms with Gasteiger partial charge < -0.3 is 21.7 Å². The van der Waals surface area contributed by atoms with Crippen molar-refractivity contribution < 1.29 is 0 Å². The van der Waals surface area contributed by atoms with Crippen LogP contribution in [0.4, 0.5) is 0 Å². The highest BCUT2D eigenvalue weighted by molar-refractivity contribution is 5.85. The molecule has 2 atom stereocenters. The second kappa shape index (κ2) is 13.7. The van der Waals surface area contributed by atoms with Gasteiger partial charge in [0.1, 0.15) is 0 Å². The third kappa shape index (κ3) is 7.88. The van der Waals surface area contributed by atoms with Crippen LogP contribution in [-0.4, -0.2) is 38.8 Å². The lowest BCUT2D eigenvalue weighted by Gasteiger charge is -2.24. The van der Waals surface area contributed by atoms with Gasteiger partial charge in [0, 0.05) is 31.7 Å². The van der Waals surface area contributed by atoms with E-state index in [9.17, 15) is 0 Å². The minimum Gasteiger partial charge on any atom is -0.329 e. The van der Waals surface area contributed by atoms with Crippen LogP contribution in [-0.2, 0) is 6.54 Å². The molecule has 2 aromatic carbocycles. The molecule has 0 aliphatic heterocycles. The van der Waals surface area contributed by atoms with Gasteiger partial charge in [0.05, 0.1) is 0 Å². The summed E-state index contributed by atoms with van der Waals surface area (Å²) in [4.78, 5) is 0. The Morgan fingerprint density at radius 1 is 0.893 bits per heavy atom. The van der Waals surface area contributed by atoms with Crippen LogP contribution in [0.1, 0.15) is 51.0 Å². The molecule has 4 heteroatoms. The van der Waals surface area contributed by atoms with Crippen LogP contribution in [0.3, 0.4) is 0 Å². The van der Waals surface area contributed by atoms with Crippen LogP contribution in [0.5, 0.6) is 0 Å². The van der Waals surface area contributed by atoms with Crippen molar-refractivity contribution in [3.63, 3.8) is 0 Å². The summed E-state index contributed by atoms with van der Waals surface area (Å²) < 4.78 is 0. The molecule has 0 saturated carbocycles. The van der Waals surface area contributed by atoms with E-state index in [1.165, 1.54) is 48.4 Å². The first-order chi connectivity index (χ1) is 13.8. The molecule has 156 valence electrons. The summed E-state index contributed by atoms with van der Waals surface area (Å²) in [5.74, 6) is 0. The van der Waals surface area contributed by atoms with E-state index in [0.29, 0.717) is 18.6 Å². The Balaban J connectivity index is 1.87. The number of hydrogen-bond acceptors (Lipinski definition) is 4. The lowest BCUT2D eigenvalue weighted by Crippen LogP contribution is -2.45. The van der Waals surface area contributed by atoms with Crippen LogP contribution >= 0.6 is 0 Å². The van der Waals surface area contributed by atoms with E-state index in [-0.39, 0.29) is 0 Å². The van der Waals surface area contributed by atoms with Gasteiger partial charge in [0.15, 0.2) is 0 Å². The minimum atomic E-state index is 0.417. The summed E-state index contributed by atoms with van der Waals surface area (Å²) in [5.41, 5.74) is 7.38. The van der Waals surface area contributed by atoms with E-state index in [1.54, 1.807) is 0 Å². The van der Waals surface area contributed by atoms with E-state index in [0.717, 1.165) is 26.1 Å². The lowest BCUT2D eigenvalue weighted by molar-refractivity contribution is 0.390. The van der Waals surface area contributed by atoms with Crippen molar-refractivity contribution in [3.05, 3.63) is 48.0 Å². The van der Waals surface area contributed by atoms with Crippen LogP contribution in [0.2, 0.25) is 0 Å². The molecule has 2 rings (SSSR count). The lowest BCUT2D eigenvalue weighted by atomic mass is 10.0. The van der Waals surface area contributed by atoms with E-state index in [4.69, 9.17) is 5.73 Å². The Bertz CT molecular complexity index is 653. The van der Waals surface area contributed by atoms with Crippen LogP contribution in [0.25, 0.3) is 10.8 Å². The van der Waals surface area contributed by atoms with Crippen LogP contribution < -0.4 is 21.7 Å². The highest BCUT2D eigenvalue weighted by Gasteiger charge is 2.12. The summed E-state index contributed by atoms with van der Waals surface area (Å²) in [6.07, 6.45) is 7.28. The molecule has 0 fully saturated rings. The fourth-order valence-electron chi connectivity index (χ4n) is 3.73. The predicted octanol–water partition coefficient (Wildman–Crippen LogP) is 3.79. The first kappa shape index (κ1) is 22.8. The molecule has 2 aromatic rings. The first-order valence-corrected chi connectivity index (χ1v) is 11.1. The minimum absolute atomic E-state index is 0.417. The van der Waals surface area contributed by atoms with Gasteiger partial charge in [-0.05, 0) is 49.2 Å². The predicted molar refractivity (Wildman–Crippen MR) is 123 cm³/mol. The maximum absolute atomic E-state index is 6.00. The Morgan fingerprint density at radius 2 is 1.68 bits per heavy atom. The number of rotatable bonds is 15. The zero-order chi connectivity index (χ0) is 20.0. The standard InChI is InChI=1S/C24H40N4/c1-3-4-13-23(19-28-22(17-25)14-7-8-16-26-2)27-18-21-12-9-11-20-10-5-6-15-24(20)21/h5-6,9-12,15,22-23,26-28H,3-4,7-8,13-14,16-19,25H2,1-2H3/t22-,23-/m0/s1. The highest BCUT2D eigenvalue weighted by atomic mass is 15.0. The van der Waals surface area contributed by atoms with Crippen molar-refractivity contribution in [2.24, 2.45) is 5.73 Å². The van der Waals surface area contributed by atoms with Gasteiger partial charge in [-0.2, -0.15) is 0 Å². The Kier molecular flexibility index (Phi) is 11.1. The van der Waals surface area contributed by atoms with Gasteiger partial charge in [-0.25, -0.2) is 0 Å². The molecule has 0 unspecified atom stereocenters. The second-order valence-electron chi connectivity index (χ2n) is 7.80. The smallest absolute Gasteiger partial charge is 0.0214 e. The Hall–Kier alpha value is -1.46. The molecule has 0 aliphatic carbocycles. The molecule has 0 aromatic heterocycles. The molecule has 28 heavy (non-hydrogen) atoms. The van der Waals surface area contributed by atoms with Crippen molar-refractivity contribution in [3.8, 4) is 0 Å². The molecule has 0 amide bonds. The Morgan fingerprint density at radius 3 is 2.46 bits per heavy atom. The number of nitrogens with two attached hydrogens (primary N) is 1. The summed E-state index contributed by atoms with van der Waals surface area (Å²) in [7, 11) is 2.01. The maximum atomic E-state index is 6.00. The van der Waals surface area contributed by atoms with Crippen molar-refractivity contribution in [1.82, 2.24) is 16.0 Å². The van der Waals surface area contributed by atoms with Crippen LogP contribution in [0.15, 0.2) is 42.5 Å². The number of fused-ring (bicyclic) bond motifs is 1. The number of benzene rings is 2. The van der Waals surface area contributed by atoms with Gasteiger partial charge in [0.25, 0.3) is 0 Å².